The van der Waals surface area contributed by atoms with Crippen LogP contribution in [-0.2, 0) is 12.4 Å². The summed E-state index contributed by atoms with van der Waals surface area (Å²) < 4.78 is 78.0. The molecule has 8 aromatic rings. The molecule has 0 saturated carbocycles. The average Bonchev–Trinajstić information content (AvgIpc) is 3.11. The maximum Gasteiger partial charge on any atom is 0.416 e. The van der Waals surface area contributed by atoms with Crippen molar-refractivity contribution < 1.29 is 26.3 Å². The molecule has 0 unspecified atom stereocenters. The highest BCUT2D eigenvalue weighted by atomic mass is 19.4. The fourth-order valence-corrected chi connectivity index (χ4v) is 6.49. The van der Waals surface area contributed by atoms with Crippen LogP contribution in [0, 0.1) is 0 Å². The molecule has 0 radical (unpaired) electrons. The molecular formula is C44H26F6. The van der Waals surface area contributed by atoms with Gasteiger partial charge in [0.15, 0.2) is 0 Å². The summed E-state index contributed by atoms with van der Waals surface area (Å²) in [5, 5.41) is 8.42. The van der Waals surface area contributed by atoms with Crippen LogP contribution < -0.4 is 0 Å². The van der Waals surface area contributed by atoms with Gasteiger partial charge < -0.3 is 0 Å². The lowest BCUT2D eigenvalue weighted by Gasteiger charge is -2.09. The molecule has 0 aliphatic heterocycles. The second kappa shape index (κ2) is 11.9. The Kier molecular flexibility index (Phi) is 7.48. The Morgan fingerprint density at radius 3 is 0.920 bits per heavy atom. The minimum Gasteiger partial charge on any atom is -0.166 e. The van der Waals surface area contributed by atoms with Crippen LogP contribution in [-0.4, -0.2) is 0 Å². The van der Waals surface area contributed by atoms with Gasteiger partial charge in [-0.25, -0.2) is 0 Å². The summed E-state index contributed by atoms with van der Waals surface area (Å²) in [7, 11) is 0. The van der Waals surface area contributed by atoms with Gasteiger partial charge in [0, 0.05) is 0 Å². The number of alkyl halides is 6. The Balaban J connectivity index is 1.03. The maximum atomic E-state index is 13.0. The number of fused-ring (bicyclic) bond motifs is 4. The Bertz CT molecular complexity index is 2410. The fourth-order valence-electron chi connectivity index (χ4n) is 6.49. The van der Waals surface area contributed by atoms with Crippen molar-refractivity contribution in [3.05, 3.63) is 168 Å². The molecular weight excluding hydrogens is 642 g/mol. The van der Waals surface area contributed by atoms with Gasteiger partial charge in [0.05, 0.1) is 11.1 Å². The fraction of sp³-hybridized carbons (Fsp3) is 0.0455. The summed E-state index contributed by atoms with van der Waals surface area (Å²) in [6.07, 6.45) is -4.57. The van der Waals surface area contributed by atoms with Crippen LogP contribution in [0.4, 0.5) is 26.3 Å². The van der Waals surface area contributed by atoms with E-state index in [1.165, 1.54) is 24.3 Å². The molecule has 0 aliphatic carbocycles. The van der Waals surface area contributed by atoms with E-state index < -0.39 is 23.5 Å². The van der Waals surface area contributed by atoms with Crippen LogP contribution in [0.15, 0.2) is 146 Å². The zero-order valence-electron chi connectivity index (χ0n) is 26.3. The summed E-state index contributed by atoms with van der Waals surface area (Å²) in [6.45, 7) is 0. The van der Waals surface area contributed by atoms with Gasteiger partial charge in [-0.05, 0) is 149 Å². The Hall–Kier alpha value is -5.88. The molecule has 0 spiro atoms. The number of hydrogen-bond donors (Lipinski definition) is 0. The van der Waals surface area contributed by atoms with Gasteiger partial charge in [-0.15, -0.1) is 0 Å². The minimum absolute atomic E-state index is 0.662. The monoisotopic (exact) mass is 668 g/mol. The van der Waals surface area contributed by atoms with Gasteiger partial charge in [0.1, 0.15) is 0 Å². The number of hydrogen-bond acceptors (Lipinski definition) is 0. The quantitative estimate of drug-likeness (QED) is 0.0995. The van der Waals surface area contributed by atoms with Crippen molar-refractivity contribution in [2.45, 2.75) is 12.4 Å². The van der Waals surface area contributed by atoms with E-state index in [0.717, 1.165) is 101 Å². The smallest absolute Gasteiger partial charge is 0.166 e. The molecule has 0 N–H and O–H groups in total. The van der Waals surface area contributed by atoms with Gasteiger partial charge in [-0.1, -0.05) is 84.9 Å². The lowest BCUT2D eigenvalue weighted by atomic mass is 9.96. The average molecular weight is 669 g/mol. The predicted octanol–water partition coefficient (Wildman–Crippen LogP) is 13.8. The third-order valence-corrected chi connectivity index (χ3v) is 9.20. The molecule has 0 atom stereocenters. The van der Waals surface area contributed by atoms with Gasteiger partial charge in [0.2, 0.25) is 0 Å². The molecule has 244 valence electrons. The van der Waals surface area contributed by atoms with Crippen LogP contribution in [0.2, 0.25) is 0 Å². The van der Waals surface area contributed by atoms with E-state index in [0.29, 0.717) is 0 Å². The molecule has 50 heavy (non-hydrogen) atoms. The van der Waals surface area contributed by atoms with Gasteiger partial charge in [0.25, 0.3) is 0 Å². The zero-order valence-corrected chi connectivity index (χ0v) is 26.3. The van der Waals surface area contributed by atoms with Crippen molar-refractivity contribution >= 4 is 55.2 Å². The van der Waals surface area contributed by atoms with E-state index in [4.69, 9.17) is 0 Å². The van der Waals surface area contributed by atoms with E-state index in [2.05, 4.69) is 72.8 Å². The van der Waals surface area contributed by atoms with Crippen LogP contribution in [0.3, 0.4) is 0 Å². The summed E-state index contributed by atoms with van der Waals surface area (Å²) in [5.41, 5.74) is 3.95. The second-order valence-corrected chi connectivity index (χ2v) is 12.5. The first-order valence-corrected chi connectivity index (χ1v) is 15.9. The standard InChI is InChI=1S/C44H26F6/c45-43(46,47)41-15-11-29(12-16-41)31-7-9-35-23-37-19-27(3-5-33(37)25-39(35)21-31)1-2-28-4-6-34-26-40-22-32(8-10-36(40)24-38(34)20-28)30-13-17-42(18-14-30)44(48,49)50/h1-26H/b2-1+. The summed E-state index contributed by atoms with van der Waals surface area (Å²) >= 11 is 0. The zero-order chi connectivity index (χ0) is 34.6. The van der Waals surface area contributed by atoms with Crippen molar-refractivity contribution in [2.24, 2.45) is 0 Å². The van der Waals surface area contributed by atoms with Crippen LogP contribution in [0.5, 0.6) is 0 Å². The molecule has 0 heterocycles. The van der Waals surface area contributed by atoms with E-state index in [1.807, 2.05) is 36.4 Å². The Morgan fingerprint density at radius 2 is 0.580 bits per heavy atom. The predicted molar refractivity (Wildman–Crippen MR) is 193 cm³/mol. The largest absolute Gasteiger partial charge is 0.416 e. The molecule has 8 rings (SSSR count). The topological polar surface area (TPSA) is 0 Å². The highest BCUT2D eigenvalue weighted by Crippen LogP contribution is 2.35. The highest BCUT2D eigenvalue weighted by molar-refractivity contribution is 6.02. The normalized spacial score (nSPS) is 12.5. The molecule has 6 heteroatoms. The van der Waals surface area contributed by atoms with Crippen molar-refractivity contribution in [3.63, 3.8) is 0 Å². The third-order valence-electron chi connectivity index (χ3n) is 9.20. The van der Waals surface area contributed by atoms with E-state index in [-0.39, 0.29) is 0 Å². The molecule has 0 saturated heterocycles. The molecule has 0 bridgehead atoms. The lowest BCUT2D eigenvalue weighted by Crippen LogP contribution is -2.03. The SMILES string of the molecule is FC(F)(F)c1ccc(-c2ccc3cc4cc(/C=C/c5ccc6cc7cc(-c8ccc(C(F)(F)F)cc8)ccc7cc6c5)ccc4cc3c2)cc1. The van der Waals surface area contributed by atoms with Crippen LogP contribution in [0.25, 0.3) is 77.5 Å². The van der Waals surface area contributed by atoms with Crippen molar-refractivity contribution in [1.82, 2.24) is 0 Å². The third kappa shape index (κ3) is 6.21. The van der Waals surface area contributed by atoms with Crippen molar-refractivity contribution in [1.29, 1.82) is 0 Å². The van der Waals surface area contributed by atoms with Crippen molar-refractivity contribution in [2.75, 3.05) is 0 Å². The van der Waals surface area contributed by atoms with Gasteiger partial charge >= 0.3 is 12.4 Å². The molecule has 8 aromatic carbocycles. The van der Waals surface area contributed by atoms with Gasteiger partial charge in [-0.2, -0.15) is 26.3 Å². The highest BCUT2D eigenvalue weighted by Gasteiger charge is 2.30. The number of halogens is 6. The van der Waals surface area contributed by atoms with E-state index >= 15 is 0 Å². The lowest BCUT2D eigenvalue weighted by molar-refractivity contribution is -0.138. The van der Waals surface area contributed by atoms with Crippen molar-refractivity contribution in [3.8, 4) is 22.3 Å². The minimum atomic E-state index is -4.36. The molecule has 0 amide bonds. The first kappa shape index (κ1) is 31.4. The summed E-state index contributed by atoms with van der Waals surface area (Å²) in [4.78, 5) is 0. The molecule has 0 aliphatic rings. The molecule has 0 fully saturated rings. The van der Waals surface area contributed by atoms with E-state index in [9.17, 15) is 26.3 Å². The summed E-state index contributed by atoms with van der Waals surface area (Å²) in [6, 6.07) is 43.4. The molecule has 0 aromatic heterocycles. The first-order chi connectivity index (χ1) is 24.0. The number of rotatable bonds is 4. The van der Waals surface area contributed by atoms with Crippen LogP contribution in [0.1, 0.15) is 22.3 Å². The maximum absolute atomic E-state index is 13.0. The number of benzene rings is 8. The van der Waals surface area contributed by atoms with Gasteiger partial charge in [-0.3, -0.25) is 0 Å². The Morgan fingerprint density at radius 1 is 0.280 bits per heavy atom. The summed E-state index contributed by atoms with van der Waals surface area (Å²) in [5.74, 6) is 0. The molecule has 0 nitrogen and oxygen atoms in total. The van der Waals surface area contributed by atoms with Crippen LogP contribution >= 0.6 is 0 Å². The first-order valence-electron chi connectivity index (χ1n) is 15.9. The Labute approximate surface area is 283 Å². The van der Waals surface area contributed by atoms with E-state index in [1.54, 1.807) is 0 Å². The second-order valence-electron chi connectivity index (χ2n) is 12.5.